The van der Waals surface area contributed by atoms with Gasteiger partial charge in [0.15, 0.2) is 11.5 Å². The maximum Gasteiger partial charge on any atom is 0.323 e. The van der Waals surface area contributed by atoms with Crippen molar-refractivity contribution in [2.24, 2.45) is 5.10 Å². The van der Waals surface area contributed by atoms with Gasteiger partial charge >= 0.3 is 5.97 Å². The first-order chi connectivity index (χ1) is 12.9. The Bertz CT molecular complexity index is 725. The number of benzene rings is 1. The Morgan fingerprint density at radius 1 is 1.26 bits per heavy atom. The lowest BCUT2D eigenvalue weighted by molar-refractivity contribution is -0.142. The maximum atomic E-state index is 11.9. The molecule has 0 spiro atoms. The van der Waals surface area contributed by atoms with E-state index in [1.807, 2.05) is 0 Å². The summed E-state index contributed by atoms with van der Waals surface area (Å²) >= 11 is 0. The van der Waals surface area contributed by atoms with Gasteiger partial charge in [0.05, 0.1) is 33.6 Å². The van der Waals surface area contributed by atoms with Gasteiger partial charge in [0.25, 0.3) is 0 Å². The Balaban J connectivity index is 2.37. The number of hydrazone groups is 1. The molecular formula is C17H23N3O7. The zero-order valence-corrected chi connectivity index (χ0v) is 15.6. The van der Waals surface area contributed by atoms with Crippen molar-refractivity contribution in [2.75, 3.05) is 27.9 Å². The van der Waals surface area contributed by atoms with E-state index in [0.717, 1.165) is 5.01 Å². The number of ether oxygens (including phenoxy) is 3. The number of aliphatic hydroxyl groups is 1. The topological polar surface area (TPSA) is 130 Å². The predicted molar refractivity (Wildman–Crippen MR) is 95.2 cm³/mol. The Morgan fingerprint density at radius 2 is 1.85 bits per heavy atom. The zero-order valence-electron chi connectivity index (χ0n) is 15.6. The maximum absolute atomic E-state index is 11.9. The van der Waals surface area contributed by atoms with Crippen molar-refractivity contribution in [2.45, 2.75) is 25.6 Å². The molecule has 3 N–H and O–H groups in total. The molecule has 1 aromatic carbocycles. The predicted octanol–water partition coefficient (Wildman–Crippen LogP) is 0.0299. The monoisotopic (exact) mass is 381 g/mol. The number of amides is 1. The highest BCUT2D eigenvalue weighted by Crippen LogP contribution is 2.39. The van der Waals surface area contributed by atoms with Crippen molar-refractivity contribution in [3.05, 3.63) is 17.7 Å². The zero-order chi connectivity index (χ0) is 20.1. The number of nitrogens with zero attached hydrogens (tertiary/aromatic N) is 2. The molecule has 0 aliphatic carbocycles. The van der Waals surface area contributed by atoms with E-state index in [0.29, 0.717) is 28.5 Å². The highest BCUT2D eigenvalue weighted by atomic mass is 16.5. The molecule has 0 fully saturated rings. The second-order valence-electron chi connectivity index (χ2n) is 5.78. The summed E-state index contributed by atoms with van der Waals surface area (Å²) in [6, 6.07) is 2.18. The minimum absolute atomic E-state index is 0.238. The van der Waals surface area contributed by atoms with Gasteiger partial charge in [-0.2, -0.15) is 5.10 Å². The molecule has 0 saturated heterocycles. The molecule has 27 heavy (non-hydrogen) atoms. The number of methoxy groups -OCH3 is 3. The Labute approximate surface area is 156 Å². The van der Waals surface area contributed by atoms with Gasteiger partial charge in [0, 0.05) is 18.9 Å². The summed E-state index contributed by atoms with van der Waals surface area (Å²) in [5.41, 5.74) is 1.17. The van der Waals surface area contributed by atoms with Crippen LogP contribution in [0.15, 0.2) is 17.2 Å². The molecule has 1 aliphatic heterocycles. The Hall–Kier alpha value is -2.85. The van der Waals surface area contributed by atoms with Crippen LogP contribution in [0.25, 0.3) is 0 Å². The van der Waals surface area contributed by atoms with Crippen LogP contribution in [0.1, 0.15) is 18.9 Å². The van der Waals surface area contributed by atoms with Crippen LogP contribution in [0.5, 0.6) is 17.2 Å². The van der Waals surface area contributed by atoms with Crippen LogP contribution < -0.4 is 19.5 Å². The fourth-order valence-electron chi connectivity index (χ4n) is 2.79. The highest BCUT2D eigenvalue weighted by molar-refractivity contribution is 6.04. The number of aliphatic hydroxyl groups excluding tert-OH is 1. The highest BCUT2D eigenvalue weighted by Gasteiger charge is 2.34. The normalized spacial score (nSPS) is 17.3. The minimum atomic E-state index is -1.22. The number of aliphatic carboxylic acids is 1. The van der Waals surface area contributed by atoms with E-state index < -0.39 is 24.8 Å². The summed E-state index contributed by atoms with van der Waals surface area (Å²) in [6.07, 6.45) is -0.466. The largest absolute Gasteiger partial charge is 0.493 e. The van der Waals surface area contributed by atoms with Crippen LogP contribution in [0.3, 0.4) is 0 Å². The summed E-state index contributed by atoms with van der Waals surface area (Å²) in [4.78, 5) is 23.1. The van der Waals surface area contributed by atoms with Crippen molar-refractivity contribution in [1.82, 2.24) is 10.3 Å². The first kappa shape index (κ1) is 20.5. The molecule has 10 heteroatoms. The summed E-state index contributed by atoms with van der Waals surface area (Å²) in [7, 11) is 4.47. The van der Waals surface area contributed by atoms with E-state index in [-0.39, 0.29) is 12.3 Å². The molecule has 1 amide bonds. The molecule has 148 valence electrons. The van der Waals surface area contributed by atoms with Gasteiger partial charge < -0.3 is 24.4 Å². The third kappa shape index (κ3) is 4.29. The number of carboxylic acids is 1. The van der Waals surface area contributed by atoms with Crippen molar-refractivity contribution >= 4 is 17.6 Å². The third-order valence-corrected chi connectivity index (χ3v) is 4.11. The van der Waals surface area contributed by atoms with Gasteiger partial charge in [-0.25, -0.2) is 5.01 Å². The lowest BCUT2D eigenvalue weighted by Crippen LogP contribution is -2.51. The van der Waals surface area contributed by atoms with Crippen LogP contribution in [0.2, 0.25) is 0 Å². The molecule has 0 saturated carbocycles. The SMILES string of the molecule is COc1cc(C2=NN(C(C)=O)C(NC(CO)C(=O)O)C2)cc(OC)c1OC. The number of nitrogens with one attached hydrogen (secondary N) is 1. The minimum Gasteiger partial charge on any atom is -0.493 e. The van der Waals surface area contributed by atoms with Gasteiger partial charge in [-0.05, 0) is 12.1 Å². The lowest BCUT2D eigenvalue weighted by Gasteiger charge is -2.24. The third-order valence-electron chi connectivity index (χ3n) is 4.11. The summed E-state index contributed by atoms with van der Waals surface area (Å²) in [5, 5.41) is 26.5. The van der Waals surface area contributed by atoms with Gasteiger partial charge in [0.2, 0.25) is 11.7 Å². The van der Waals surface area contributed by atoms with Crippen LogP contribution >= 0.6 is 0 Å². The average molecular weight is 381 g/mol. The molecule has 2 rings (SSSR count). The molecule has 0 aromatic heterocycles. The second kappa shape index (κ2) is 8.69. The van der Waals surface area contributed by atoms with Gasteiger partial charge in [0.1, 0.15) is 12.2 Å². The van der Waals surface area contributed by atoms with E-state index in [2.05, 4.69) is 10.4 Å². The number of hydrogen-bond acceptors (Lipinski definition) is 8. The van der Waals surface area contributed by atoms with Gasteiger partial charge in [-0.3, -0.25) is 14.9 Å². The van der Waals surface area contributed by atoms with E-state index >= 15 is 0 Å². The van der Waals surface area contributed by atoms with E-state index in [9.17, 15) is 14.7 Å². The second-order valence-corrected chi connectivity index (χ2v) is 5.78. The summed E-state index contributed by atoms with van der Waals surface area (Å²) < 4.78 is 15.9. The Morgan fingerprint density at radius 3 is 2.26 bits per heavy atom. The van der Waals surface area contributed by atoms with Crippen LogP contribution in [-0.4, -0.2) is 73.0 Å². The van der Waals surface area contributed by atoms with Crippen LogP contribution in [-0.2, 0) is 9.59 Å². The fourth-order valence-corrected chi connectivity index (χ4v) is 2.79. The summed E-state index contributed by atoms with van der Waals surface area (Å²) in [6.45, 7) is 0.710. The fraction of sp³-hybridized carbons (Fsp3) is 0.471. The average Bonchev–Trinajstić information content (AvgIpc) is 3.08. The first-order valence-electron chi connectivity index (χ1n) is 8.13. The van der Waals surface area contributed by atoms with Crippen molar-refractivity contribution in [3.8, 4) is 17.2 Å². The molecule has 0 radical (unpaired) electrons. The molecule has 1 heterocycles. The lowest BCUT2D eigenvalue weighted by atomic mass is 10.0. The van der Waals surface area contributed by atoms with E-state index in [4.69, 9.17) is 19.3 Å². The van der Waals surface area contributed by atoms with Crippen molar-refractivity contribution < 1.29 is 34.0 Å². The number of rotatable bonds is 8. The standard InChI is InChI=1S/C17H23N3O7/c1-9(22)20-15(18-12(8-21)17(23)24)7-11(19-20)10-5-13(25-2)16(27-4)14(6-10)26-3/h5-6,12,15,18,21H,7-8H2,1-4H3,(H,23,24). The number of carbonyl (C=O) groups excluding carboxylic acids is 1. The van der Waals surface area contributed by atoms with E-state index in [1.54, 1.807) is 12.1 Å². The summed E-state index contributed by atoms with van der Waals surface area (Å²) in [5.74, 6) is -0.302. The number of carbonyl (C=O) groups is 2. The smallest absolute Gasteiger partial charge is 0.323 e. The van der Waals surface area contributed by atoms with Gasteiger partial charge in [-0.1, -0.05) is 0 Å². The number of hydrogen-bond donors (Lipinski definition) is 3. The molecule has 1 aliphatic rings. The van der Waals surface area contributed by atoms with Crippen molar-refractivity contribution in [3.63, 3.8) is 0 Å². The molecule has 1 aromatic rings. The first-order valence-corrected chi connectivity index (χ1v) is 8.13. The molecule has 2 atom stereocenters. The molecule has 2 unspecified atom stereocenters. The van der Waals surface area contributed by atoms with Crippen molar-refractivity contribution in [1.29, 1.82) is 0 Å². The molecular weight excluding hydrogens is 358 g/mol. The van der Waals surface area contributed by atoms with Crippen LogP contribution in [0.4, 0.5) is 0 Å². The van der Waals surface area contributed by atoms with Gasteiger partial charge in [-0.15, -0.1) is 0 Å². The van der Waals surface area contributed by atoms with Crippen LogP contribution in [0, 0.1) is 0 Å². The quantitative estimate of drug-likeness (QED) is 0.575. The Kier molecular flexibility index (Phi) is 6.59. The molecule has 0 bridgehead atoms. The van der Waals surface area contributed by atoms with E-state index in [1.165, 1.54) is 28.3 Å². The number of carboxylic acid groups (broad SMARTS) is 1. The molecule has 10 nitrogen and oxygen atoms in total.